The highest BCUT2D eigenvalue weighted by atomic mass is 32.1. The maximum Gasteiger partial charge on any atom is 0.221 e. The third kappa shape index (κ3) is 5.28. The zero-order valence-corrected chi connectivity index (χ0v) is 11.7. The molecular weight excluding hydrogens is 234 g/mol. The Kier molecular flexibility index (Phi) is 5.58. The summed E-state index contributed by atoms with van der Waals surface area (Å²) >= 11 is 1.59. The van der Waals surface area contributed by atoms with Gasteiger partial charge in [0, 0.05) is 30.1 Å². The van der Waals surface area contributed by atoms with Crippen LogP contribution in [0.25, 0.3) is 0 Å². The van der Waals surface area contributed by atoms with Crippen molar-refractivity contribution in [1.29, 1.82) is 0 Å². The van der Waals surface area contributed by atoms with Crippen molar-refractivity contribution >= 4 is 17.2 Å². The summed E-state index contributed by atoms with van der Waals surface area (Å²) in [6.45, 7) is 8.78. The SMILES string of the molecule is Cc1csc(C(C)NC(=O)CCNC(C)C)n1. The standard InChI is InChI=1S/C12H21N3OS/c1-8(2)13-6-5-11(16)15-10(4)12-14-9(3)7-17-12/h7-8,10,13H,5-6H2,1-4H3,(H,15,16). The van der Waals surface area contributed by atoms with E-state index < -0.39 is 0 Å². The highest BCUT2D eigenvalue weighted by Crippen LogP contribution is 2.17. The first kappa shape index (κ1) is 14.1. The van der Waals surface area contributed by atoms with Crippen LogP contribution >= 0.6 is 11.3 Å². The van der Waals surface area contributed by atoms with Gasteiger partial charge >= 0.3 is 0 Å². The van der Waals surface area contributed by atoms with Crippen molar-refractivity contribution in [2.45, 2.75) is 46.2 Å². The molecule has 0 aliphatic rings. The Labute approximate surface area is 107 Å². The van der Waals surface area contributed by atoms with Crippen LogP contribution in [0.1, 0.15) is 43.9 Å². The first-order chi connectivity index (χ1) is 7.99. The summed E-state index contributed by atoms with van der Waals surface area (Å²) in [5.41, 5.74) is 1.01. The molecule has 1 atom stereocenters. The van der Waals surface area contributed by atoms with E-state index in [9.17, 15) is 4.79 Å². The number of thiazole rings is 1. The molecule has 1 aromatic heterocycles. The maximum absolute atomic E-state index is 11.6. The van der Waals surface area contributed by atoms with E-state index in [2.05, 4.69) is 29.5 Å². The van der Waals surface area contributed by atoms with E-state index in [0.717, 1.165) is 10.7 Å². The average Bonchev–Trinajstić information content (AvgIpc) is 2.64. The van der Waals surface area contributed by atoms with Crippen molar-refractivity contribution in [1.82, 2.24) is 15.6 Å². The van der Waals surface area contributed by atoms with Gasteiger partial charge in [-0.3, -0.25) is 4.79 Å². The molecule has 4 nitrogen and oxygen atoms in total. The Hall–Kier alpha value is -0.940. The molecule has 5 heteroatoms. The van der Waals surface area contributed by atoms with E-state index in [-0.39, 0.29) is 11.9 Å². The number of nitrogens with zero attached hydrogens (tertiary/aromatic N) is 1. The number of hydrogen-bond acceptors (Lipinski definition) is 4. The van der Waals surface area contributed by atoms with Gasteiger partial charge in [0.1, 0.15) is 5.01 Å². The van der Waals surface area contributed by atoms with Crippen LogP contribution in [0.15, 0.2) is 5.38 Å². The van der Waals surface area contributed by atoms with Crippen molar-refractivity contribution in [3.63, 3.8) is 0 Å². The topological polar surface area (TPSA) is 54.0 Å². The highest BCUT2D eigenvalue weighted by molar-refractivity contribution is 7.09. The molecule has 1 unspecified atom stereocenters. The van der Waals surface area contributed by atoms with Crippen LogP contribution in [0.2, 0.25) is 0 Å². The summed E-state index contributed by atoms with van der Waals surface area (Å²) in [4.78, 5) is 16.0. The van der Waals surface area contributed by atoms with Crippen LogP contribution in [0.3, 0.4) is 0 Å². The molecule has 1 heterocycles. The second-order valence-electron chi connectivity index (χ2n) is 4.48. The van der Waals surface area contributed by atoms with Gasteiger partial charge < -0.3 is 10.6 Å². The number of rotatable bonds is 6. The molecule has 96 valence electrons. The summed E-state index contributed by atoms with van der Waals surface area (Å²) < 4.78 is 0. The Bertz CT molecular complexity index is 362. The lowest BCUT2D eigenvalue weighted by atomic mass is 10.3. The van der Waals surface area contributed by atoms with Crippen LogP contribution < -0.4 is 10.6 Å². The lowest BCUT2D eigenvalue weighted by Gasteiger charge is -2.12. The molecule has 1 amide bonds. The molecule has 2 N–H and O–H groups in total. The number of nitrogens with one attached hydrogen (secondary N) is 2. The Balaban J connectivity index is 2.31. The monoisotopic (exact) mass is 255 g/mol. The third-order valence-electron chi connectivity index (χ3n) is 2.29. The van der Waals surface area contributed by atoms with E-state index in [1.165, 1.54) is 0 Å². The fraction of sp³-hybridized carbons (Fsp3) is 0.667. The van der Waals surface area contributed by atoms with E-state index in [0.29, 0.717) is 19.0 Å². The average molecular weight is 255 g/mol. The number of carbonyl (C=O) groups is 1. The zero-order chi connectivity index (χ0) is 12.8. The second kappa shape index (κ2) is 6.71. The largest absolute Gasteiger partial charge is 0.347 e. The maximum atomic E-state index is 11.6. The minimum absolute atomic E-state index is 0.000231. The fourth-order valence-electron chi connectivity index (χ4n) is 1.42. The van der Waals surface area contributed by atoms with Crippen LogP contribution in [-0.4, -0.2) is 23.5 Å². The molecule has 0 fully saturated rings. The molecule has 0 radical (unpaired) electrons. The van der Waals surface area contributed by atoms with Gasteiger partial charge in [-0.05, 0) is 13.8 Å². The third-order valence-corrected chi connectivity index (χ3v) is 3.43. The van der Waals surface area contributed by atoms with Crippen LogP contribution in [0.4, 0.5) is 0 Å². The van der Waals surface area contributed by atoms with Crippen molar-refractivity contribution in [2.75, 3.05) is 6.54 Å². The fourth-order valence-corrected chi connectivity index (χ4v) is 2.22. The van der Waals surface area contributed by atoms with Gasteiger partial charge in [-0.25, -0.2) is 4.98 Å². The van der Waals surface area contributed by atoms with Crippen LogP contribution in [0.5, 0.6) is 0 Å². The number of amides is 1. The van der Waals surface area contributed by atoms with Gasteiger partial charge in [0.25, 0.3) is 0 Å². The normalized spacial score (nSPS) is 12.8. The molecule has 0 spiro atoms. The molecule has 0 saturated heterocycles. The molecular formula is C12H21N3OS. The smallest absolute Gasteiger partial charge is 0.221 e. The molecule has 0 bridgehead atoms. The Morgan fingerprint density at radius 2 is 2.18 bits per heavy atom. The first-order valence-corrected chi connectivity index (χ1v) is 6.81. The molecule has 1 rings (SSSR count). The Morgan fingerprint density at radius 1 is 1.47 bits per heavy atom. The number of hydrogen-bond donors (Lipinski definition) is 2. The summed E-state index contributed by atoms with van der Waals surface area (Å²) in [6, 6.07) is 0.419. The van der Waals surface area contributed by atoms with E-state index in [1.54, 1.807) is 11.3 Å². The number of aryl methyl sites for hydroxylation is 1. The van der Waals surface area contributed by atoms with Crippen LogP contribution in [0, 0.1) is 6.92 Å². The second-order valence-corrected chi connectivity index (χ2v) is 5.36. The van der Waals surface area contributed by atoms with Gasteiger partial charge in [0.05, 0.1) is 6.04 Å². The molecule has 0 aliphatic heterocycles. The van der Waals surface area contributed by atoms with Gasteiger partial charge in [-0.15, -0.1) is 11.3 Å². The Morgan fingerprint density at radius 3 is 2.71 bits per heavy atom. The summed E-state index contributed by atoms with van der Waals surface area (Å²) in [6.07, 6.45) is 0.507. The highest BCUT2D eigenvalue weighted by Gasteiger charge is 2.12. The van der Waals surface area contributed by atoms with E-state index in [1.807, 2.05) is 19.2 Å². The van der Waals surface area contributed by atoms with Gasteiger partial charge in [-0.2, -0.15) is 0 Å². The molecule has 0 saturated carbocycles. The lowest BCUT2D eigenvalue weighted by Crippen LogP contribution is -2.31. The number of carbonyl (C=O) groups excluding carboxylic acids is 1. The number of aromatic nitrogens is 1. The van der Waals surface area contributed by atoms with E-state index in [4.69, 9.17) is 0 Å². The predicted octanol–water partition coefficient (Wildman–Crippen LogP) is 2.02. The first-order valence-electron chi connectivity index (χ1n) is 5.94. The lowest BCUT2D eigenvalue weighted by molar-refractivity contribution is -0.121. The summed E-state index contributed by atoms with van der Waals surface area (Å²) in [7, 11) is 0. The van der Waals surface area contributed by atoms with Crippen molar-refractivity contribution < 1.29 is 4.79 Å². The molecule has 0 aromatic carbocycles. The van der Waals surface area contributed by atoms with Crippen molar-refractivity contribution in [3.8, 4) is 0 Å². The quantitative estimate of drug-likeness (QED) is 0.817. The summed E-state index contributed by atoms with van der Waals surface area (Å²) in [5.74, 6) is 0.0681. The van der Waals surface area contributed by atoms with Gasteiger partial charge in [0.15, 0.2) is 0 Å². The zero-order valence-electron chi connectivity index (χ0n) is 10.9. The van der Waals surface area contributed by atoms with Gasteiger partial charge in [-0.1, -0.05) is 13.8 Å². The molecule has 17 heavy (non-hydrogen) atoms. The summed E-state index contributed by atoms with van der Waals surface area (Å²) in [5, 5.41) is 9.14. The minimum Gasteiger partial charge on any atom is -0.347 e. The van der Waals surface area contributed by atoms with Crippen molar-refractivity contribution in [2.24, 2.45) is 0 Å². The van der Waals surface area contributed by atoms with Gasteiger partial charge in [0.2, 0.25) is 5.91 Å². The molecule has 0 aliphatic carbocycles. The van der Waals surface area contributed by atoms with Crippen molar-refractivity contribution in [3.05, 3.63) is 16.1 Å². The molecule has 1 aromatic rings. The minimum atomic E-state index is 0.000231. The van der Waals surface area contributed by atoms with E-state index >= 15 is 0 Å². The van der Waals surface area contributed by atoms with Crippen LogP contribution in [-0.2, 0) is 4.79 Å². The predicted molar refractivity (Wildman–Crippen MR) is 71.2 cm³/mol.